The molecule has 0 fully saturated rings. The second-order valence-corrected chi connectivity index (χ2v) is 2.67. The average molecular weight is 212 g/mol. The topological polar surface area (TPSA) is 45.8 Å². The number of H-pyrrole nitrogens is 1. The molecule has 0 unspecified atom stereocenters. The Balaban J connectivity index is 0.000000980. The molecule has 0 spiro atoms. The van der Waals surface area contributed by atoms with E-state index in [0.717, 1.165) is 11.3 Å². The van der Waals surface area contributed by atoms with Crippen molar-refractivity contribution in [1.29, 1.82) is 0 Å². The number of aromatic amines is 1. The molecule has 1 N–H and O–H groups in total. The summed E-state index contributed by atoms with van der Waals surface area (Å²) in [6.07, 6.45) is 0. The Bertz CT molecular complexity index is 433. The van der Waals surface area contributed by atoms with E-state index < -0.39 is 0 Å². The van der Waals surface area contributed by atoms with Crippen LogP contribution in [0.1, 0.15) is 0 Å². The van der Waals surface area contributed by atoms with E-state index in [9.17, 15) is 4.79 Å². The summed E-state index contributed by atoms with van der Waals surface area (Å²) in [6.45, 7) is 0. The number of benzene rings is 1. The summed E-state index contributed by atoms with van der Waals surface area (Å²) >= 11 is 0. The van der Waals surface area contributed by atoms with Gasteiger partial charge in [-0.15, -0.1) is 0 Å². The second kappa shape index (κ2) is 5.58. The molecule has 0 aliphatic heterocycles. The van der Waals surface area contributed by atoms with E-state index in [1.165, 1.54) is 6.07 Å². The van der Waals surface area contributed by atoms with Crippen molar-refractivity contribution in [2.24, 2.45) is 0 Å². The number of aromatic nitrogens is 2. The van der Waals surface area contributed by atoms with Gasteiger partial charge in [-0.25, -0.2) is 5.10 Å². The van der Waals surface area contributed by atoms with Crippen LogP contribution in [0.15, 0.2) is 47.3 Å². The van der Waals surface area contributed by atoms with Crippen LogP contribution in [-0.4, -0.2) is 61.6 Å². The van der Waals surface area contributed by atoms with Crippen LogP contribution in [0.3, 0.4) is 0 Å². The Morgan fingerprint density at radius 1 is 1.00 bits per heavy atom. The van der Waals surface area contributed by atoms with Crippen LogP contribution in [0.25, 0.3) is 11.3 Å². The standard InChI is InChI=1S/C10H8N2O.K.H/c13-10-7-6-9(11-12-10)8-4-2-1-3-5-8;;/h1-7H,(H,12,13);;. The molecule has 0 amide bonds. The predicted octanol–water partition coefficient (Wildman–Crippen LogP) is 0.788. The Morgan fingerprint density at radius 3 is 2.29 bits per heavy atom. The van der Waals surface area contributed by atoms with Crippen molar-refractivity contribution in [2.45, 2.75) is 0 Å². The van der Waals surface area contributed by atoms with E-state index in [1.54, 1.807) is 6.07 Å². The van der Waals surface area contributed by atoms with E-state index in [4.69, 9.17) is 0 Å². The molecule has 4 heteroatoms. The molecule has 0 saturated heterocycles. The first-order valence-corrected chi connectivity index (χ1v) is 3.97. The number of nitrogens with one attached hydrogen (secondary N) is 1. The zero-order valence-electron chi connectivity index (χ0n) is 6.90. The van der Waals surface area contributed by atoms with Gasteiger partial charge in [0.1, 0.15) is 0 Å². The van der Waals surface area contributed by atoms with Crippen LogP contribution < -0.4 is 5.56 Å². The zero-order valence-corrected chi connectivity index (χ0v) is 6.90. The molecular formula is C10H9KN2O. The maximum absolute atomic E-state index is 10.7. The van der Waals surface area contributed by atoms with Crippen LogP contribution >= 0.6 is 0 Å². The van der Waals surface area contributed by atoms with Crippen LogP contribution in [0.4, 0.5) is 0 Å². The first-order chi connectivity index (χ1) is 6.36. The Kier molecular flexibility index (Phi) is 4.70. The number of hydrogen-bond donors (Lipinski definition) is 1. The van der Waals surface area contributed by atoms with Crippen molar-refractivity contribution in [3.05, 3.63) is 52.8 Å². The van der Waals surface area contributed by atoms with Gasteiger partial charge in [0.15, 0.2) is 0 Å². The molecule has 2 rings (SSSR count). The van der Waals surface area contributed by atoms with E-state index in [-0.39, 0.29) is 56.9 Å². The maximum atomic E-state index is 10.7. The summed E-state index contributed by atoms with van der Waals surface area (Å²) in [7, 11) is 0. The molecule has 0 aliphatic carbocycles. The third kappa shape index (κ3) is 2.86. The molecule has 2 aromatic rings. The molecule has 0 aliphatic rings. The quantitative estimate of drug-likeness (QED) is 0.710. The van der Waals surface area contributed by atoms with Crippen LogP contribution in [0.2, 0.25) is 0 Å². The second-order valence-electron chi connectivity index (χ2n) is 2.67. The molecule has 14 heavy (non-hydrogen) atoms. The van der Waals surface area contributed by atoms with Gasteiger partial charge in [-0.05, 0) is 6.07 Å². The molecule has 0 atom stereocenters. The fourth-order valence-corrected chi connectivity index (χ4v) is 1.11. The van der Waals surface area contributed by atoms with Gasteiger partial charge in [0, 0.05) is 11.6 Å². The van der Waals surface area contributed by atoms with Crippen LogP contribution in [0.5, 0.6) is 0 Å². The fourth-order valence-electron chi connectivity index (χ4n) is 1.11. The molecule has 3 nitrogen and oxygen atoms in total. The first kappa shape index (κ1) is 11.8. The van der Waals surface area contributed by atoms with Gasteiger partial charge in [-0.1, -0.05) is 30.3 Å². The van der Waals surface area contributed by atoms with Gasteiger partial charge in [0.25, 0.3) is 5.56 Å². The molecule has 1 aromatic heterocycles. The monoisotopic (exact) mass is 212 g/mol. The molecule has 1 aromatic carbocycles. The molecule has 0 radical (unpaired) electrons. The number of hydrogen-bond acceptors (Lipinski definition) is 2. The Labute approximate surface area is 124 Å². The summed E-state index contributed by atoms with van der Waals surface area (Å²) < 4.78 is 0. The number of rotatable bonds is 1. The summed E-state index contributed by atoms with van der Waals surface area (Å²) in [6, 6.07) is 12.9. The molecule has 66 valence electrons. The Hall–Kier alpha value is -0.264. The van der Waals surface area contributed by atoms with Crippen LogP contribution in [-0.2, 0) is 0 Å². The normalized spacial score (nSPS) is 9.14. The molecule has 1 heterocycles. The van der Waals surface area contributed by atoms with Gasteiger partial charge in [0.2, 0.25) is 0 Å². The molecule has 0 bridgehead atoms. The van der Waals surface area contributed by atoms with Crippen LogP contribution in [0, 0.1) is 0 Å². The number of nitrogens with zero attached hydrogens (tertiary/aromatic N) is 1. The SMILES string of the molecule is O=c1ccc(-c2ccccc2)n[nH]1.[KH]. The fraction of sp³-hybridized carbons (Fsp3) is 0. The van der Waals surface area contributed by atoms with Gasteiger partial charge < -0.3 is 0 Å². The van der Waals surface area contributed by atoms with Gasteiger partial charge in [-0.2, -0.15) is 5.10 Å². The van der Waals surface area contributed by atoms with Gasteiger partial charge in [0.05, 0.1) is 5.69 Å². The third-order valence-electron chi connectivity index (χ3n) is 1.75. The van der Waals surface area contributed by atoms with Crippen molar-refractivity contribution in [2.75, 3.05) is 0 Å². The van der Waals surface area contributed by atoms with E-state index in [1.807, 2.05) is 30.3 Å². The Morgan fingerprint density at radius 2 is 1.71 bits per heavy atom. The van der Waals surface area contributed by atoms with Crippen molar-refractivity contribution < 1.29 is 0 Å². The van der Waals surface area contributed by atoms with Crippen molar-refractivity contribution in [3.63, 3.8) is 0 Å². The van der Waals surface area contributed by atoms with Crippen molar-refractivity contribution >= 4 is 51.4 Å². The third-order valence-corrected chi connectivity index (χ3v) is 1.75. The summed E-state index contributed by atoms with van der Waals surface area (Å²) in [5, 5.41) is 6.30. The first-order valence-electron chi connectivity index (χ1n) is 3.97. The summed E-state index contributed by atoms with van der Waals surface area (Å²) in [5.74, 6) is 0. The van der Waals surface area contributed by atoms with Gasteiger partial charge >= 0.3 is 51.4 Å². The average Bonchev–Trinajstić information content (AvgIpc) is 2.20. The zero-order chi connectivity index (χ0) is 9.10. The molecule has 0 saturated carbocycles. The predicted molar refractivity (Wildman–Crippen MR) is 57.4 cm³/mol. The molecular weight excluding hydrogens is 203 g/mol. The van der Waals surface area contributed by atoms with Crippen molar-refractivity contribution in [3.8, 4) is 11.3 Å². The summed E-state index contributed by atoms with van der Waals surface area (Å²) in [5.41, 5.74) is 1.60. The van der Waals surface area contributed by atoms with E-state index in [0.29, 0.717) is 0 Å². The summed E-state index contributed by atoms with van der Waals surface area (Å²) in [4.78, 5) is 10.7. The van der Waals surface area contributed by atoms with E-state index >= 15 is 0 Å². The minimum atomic E-state index is -0.181. The van der Waals surface area contributed by atoms with E-state index in [2.05, 4.69) is 10.2 Å². The van der Waals surface area contributed by atoms with Gasteiger partial charge in [-0.3, -0.25) is 4.79 Å². The minimum absolute atomic E-state index is 0. The van der Waals surface area contributed by atoms with Crippen molar-refractivity contribution in [1.82, 2.24) is 10.2 Å².